The maximum Gasteiger partial charge on any atom is 0.251 e. The number of guanidine groups is 1. The Hall–Kier alpha value is -2.41. The van der Waals surface area contributed by atoms with E-state index in [9.17, 15) is 4.79 Å². The van der Waals surface area contributed by atoms with Crippen molar-refractivity contribution in [1.82, 2.24) is 20.9 Å². The maximum atomic E-state index is 12.0. The van der Waals surface area contributed by atoms with E-state index in [-0.39, 0.29) is 5.91 Å². The second-order valence-corrected chi connectivity index (χ2v) is 6.18. The highest BCUT2D eigenvalue weighted by Crippen LogP contribution is 2.10. The summed E-state index contributed by atoms with van der Waals surface area (Å²) in [5.74, 6) is 0.612. The molecule has 2 rings (SSSR count). The monoisotopic (exact) mass is 403 g/mol. The smallest absolute Gasteiger partial charge is 0.251 e. The first-order chi connectivity index (χ1) is 12.2. The van der Waals surface area contributed by atoms with Crippen molar-refractivity contribution in [2.75, 3.05) is 26.7 Å². The summed E-state index contributed by atoms with van der Waals surface area (Å²) in [6.45, 7) is 1.84. The average Bonchev–Trinajstić information content (AvgIpc) is 2.65. The molecular formula is C18H22BrN5O. The van der Waals surface area contributed by atoms with Crippen molar-refractivity contribution >= 4 is 27.8 Å². The molecule has 0 fully saturated rings. The minimum Gasteiger partial charge on any atom is -0.356 e. The highest BCUT2D eigenvalue weighted by Gasteiger charge is 2.04. The van der Waals surface area contributed by atoms with Gasteiger partial charge in [0.15, 0.2) is 5.96 Å². The van der Waals surface area contributed by atoms with Gasteiger partial charge in [0.2, 0.25) is 0 Å². The van der Waals surface area contributed by atoms with Gasteiger partial charge >= 0.3 is 0 Å². The van der Waals surface area contributed by atoms with Crippen molar-refractivity contribution in [3.8, 4) is 0 Å². The molecule has 0 aliphatic rings. The molecule has 0 unspecified atom stereocenters. The van der Waals surface area contributed by atoms with Crippen LogP contribution in [0.4, 0.5) is 0 Å². The number of amides is 1. The Balaban J connectivity index is 1.63. The predicted octanol–water partition coefficient (Wildman–Crippen LogP) is 1.98. The molecule has 25 heavy (non-hydrogen) atoms. The van der Waals surface area contributed by atoms with E-state index in [2.05, 4.69) is 41.9 Å². The minimum absolute atomic E-state index is 0.0904. The van der Waals surface area contributed by atoms with E-state index >= 15 is 0 Å². The molecule has 7 heteroatoms. The number of aromatic nitrogens is 1. The van der Waals surface area contributed by atoms with E-state index in [0.29, 0.717) is 24.6 Å². The van der Waals surface area contributed by atoms with Crippen molar-refractivity contribution in [1.29, 1.82) is 0 Å². The molecule has 0 aliphatic carbocycles. The number of halogens is 1. The maximum absolute atomic E-state index is 12.0. The second kappa shape index (κ2) is 10.5. The predicted molar refractivity (Wildman–Crippen MR) is 104 cm³/mol. The standard InChI is InChI=1S/C18H22BrN5O/c1-20-18(23-11-9-16-4-2-3-10-21-16)24-13-12-22-17(25)14-5-7-15(19)8-6-14/h2-8,10H,9,11-13H2,1H3,(H,22,25)(H2,20,23,24). The molecule has 0 saturated carbocycles. The lowest BCUT2D eigenvalue weighted by atomic mass is 10.2. The SMILES string of the molecule is CN=C(NCCNC(=O)c1ccc(Br)cc1)NCCc1ccccn1. The molecule has 132 valence electrons. The molecule has 6 nitrogen and oxygen atoms in total. The Morgan fingerprint density at radius 2 is 1.76 bits per heavy atom. The van der Waals surface area contributed by atoms with Gasteiger partial charge in [-0.15, -0.1) is 0 Å². The summed E-state index contributed by atoms with van der Waals surface area (Å²) in [6.07, 6.45) is 2.61. The molecule has 1 aromatic carbocycles. The number of hydrogen-bond donors (Lipinski definition) is 3. The number of nitrogens with zero attached hydrogens (tertiary/aromatic N) is 2. The largest absolute Gasteiger partial charge is 0.356 e. The van der Waals surface area contributed by atoms with Crippen LogP contribution in [0.3, 0.4) is 0 Å². The van der Waals surface area contributed by atoms with Gasteiger partial charge in [-0.1, -0.05) is 22.0 Å². The molecule has 0 aliphatic heterocycles. The summed E-state index contributed by atoms with van der Waals surface area (Å²) in [5.41, 5.74) is 1.67. The van der Waals surface area contributed by atoms with E-state index in [1.54, 1.807) is 25.4 Å². The number of aliphatic imine (C=N–C) groups is 1. The lowest BCUT2D eigenvalue weighted by Gasteiger charge is -2.12. The van der Waals surface area contributed by atoms with Crippen LogP contribution in [0.25, 0.3) is 0 Å². The summed E-state index contributed by atoms with van der Waals surface area (Å²) < 4.78 is 0.950. The van der Waals surface area contributed by atoms with Crippen molar-refractivity contribution in [3.63, 3.8) is 0 Å². The zero-order chi connectivity index (χ0) is 17.9. The summed E-state index contributed by atoms with van der Waals surface area (Å²) in [4.78, 5) is 20.4. The normalized spacial score (nSPS) is 11.0. The highest BCUT2D eigenvalue weighted by molar-refractivity contribution is 9.10. The van der Waals surface area contributed by atoms with Gasteiger partial charge in [-0.05, 0) is 36.4 Å². The van der Waals surface area contributed by atoms with Crippen molar-refractivity contribution in [2.45, 2.75) is 6.42 Å². The fourth-order valence-corrected chi connectivity index (χ4v) is 2.40. The fourth-order valence-electron chi connectivity index (χ4n) is 2.14. The number of benzene rings is 1. The van der Waals surface area contributed by atoms with Crippen LogP contribution in [0, 0.1) is 0 Å². The van der Waals surface area contributed by atoms with E-state index in [4.69, 9.17) is 0 Å². The molecule has 0 radical (unpaired) electrons. The number of pyridine rings is 1. The van der Waals surface area contributed by atoms with Gasteiger partial charge in [-0.25, -0.2) is 0 Å². The van der Waals surface area contributed by atoms with Gasteiger partial charge in [-0.2, -0.15) is 0 Å². The average molecular weight is 404 g/mol. The Labute approximate surface area is 156 Å². The first-order valence-corrected chi connectivity index (χ1v) is 8.86. The number of hydrogen-bond acceptors (Lipinski definition) is 3. The third-order valence-electron chi connectivity index (χ3n) is 3.43. The second-order valence-electron chi connectivity index (χ2n) is 5.26. The molecule has 3 N–H and O–H groups in total. The van der Waals surface area contributed by atoms with Crippen LogP contribution in [-0.2, 0) is 6.42 Å². The van der Waals surface area contributed by atoms with Gasteiger partial charge in [0.25, 0.3) is 5.91 Å². The Morgan fingerprint density at radius 1 is 1.04 bits per heavy atom. The minimum atomic E-state index is -0.0904. The zero-order valence-electron chi connectivity index (χ0n) is 14.1. The lowest BCUT2D eigenvalue weighted by molar-refractivity contribution is 0.0954. The number of carbonyl (C=O) groups excluding carboxylic acids is 1. The van der Waals surface area contributed by atoms with Crippen LogP contribution in [-0.4, -0.2) is 43.5 Å². The van der Waals surface area contributed by atoms with Gasteiger partial charge in [0, 0.05) is 55.0 Å². The summed E-state index contributed by atoms with van der Waals surface area (Å²) in [7, 11) is 1.72. The van der Waals surface area contributed by atoms with Gasteiger partial charge in [0.05, 0.1) is 0 Å². The molecule has 0 saturated heterocycles. The van der Waals surface area contributed by atoms with E-state index in [0.717, 1.165) is 23.1 Å². The molecule has 1 amide bonds. The van der Waals surface area contributed by atoms with Crippen LogP contribution in [0.15, 0.2) is 58.1 Å². The first-order valence-electron chi connectivity index (χ1n) is 8.07. The summed E-state index contributed by atoms with van der Waals surface area (Å²) >= 11 is 3.35. The number of nitrogens with one attached hydrogen (secondary N) is 3. The Morgan fingerprint density at radius 3 is 2.44 bits per heavy atom. The summed E-state index contributed by atoms with van der Waals surface area (Å²) in [5, 5.41) is 9.26. The lowest BCUT2D eigenvalue weighted by Crippen LogP contribution is -2.42. The zero-order valence-corrected chi connectivity index (χ0v) is 15.7. The van der Waals surface area contributed by atoms with Crippen molar-refractivity contribution in [2.24, 2.45) is 4.99 Å². The van der Waals surface area contributed by atoms with Crippen LogP contribution in [0.1, 0.15) is 16.1 Å². The number of carbonyl (C=O) groups is 1. The van der Waals surface area contributed by atoms with Crippen LogP contribution in [0.5, 0.6) is 0 Å². The van der Waals surface area contributed by atoms with E-state index in [1.807, 2.05) is 30.3 Å². The van der Waals surface area contributed by atoms with Gasteiger partial charge < -0.3 is 16.0 Å². The fraction of sp³-hybridized carbons (Fsp3) is 0.278. The molecule has 1 aromatic heterocycles. The van der Waals surface area contributed by atoms with Gasteiger partial charge in [0.1, 0.15) is 0 Å². The molecule has 1 heterocycles. The van der Waals surface area contributed by atoms with Crippen LogP contribution < -0.4 is 16.0 Å². The molecule has 0 atom stereocenters. The van der Waals surface area contributed by atoms with Crippen molar-refractivity contribution < 1.29 is 4.79 Å². The Bertz CT molecular complexity index is 688. The Kier molecular flexibility index (Phi) is 7.91. The van der Waals surface area contributed by atoms with Gasteiger partial charge in [-0.3, -0.25) is 14.8 Å². The summed E-state index contributed by atoms with van der Waals surface area (Å²) in [6, 6.07) is 13.1. The number of rotatable bonds is 7. The van der Waals surface area contributed by atoms with Crippen molar-refractivity contribution in [3.05, 3.63) is 64.4 Å². The van der Waals surface area contributed by atoms with E-state index < -0.39 is 0 Å². The molecule has 2 aromatic rings. The highest BCUT2D eigenvalue weighted by atomic mass is 79.9. The molecular weight excluding hydrogens is 382 g/mol. The van der Waals surface area contributed by atoms with Crippen LogP contribution in [0.2, 0.25) is 0 Å². The first kappa shape index (κ1) is 18.9. The third kappa shape index (κ3) is 6.93. The quantitative estimate of drug-likeness (QED) is 0.375. The molecule has 0 bridgehead atoms. The van der Waals surface area contributed by atoms with E-state index in [1.165, 1.54) is 0 Å². The van der Waals surface area contributed by atoms with Crippen LogP contribution >= 0.6 is 15.9 Å². The third-order valence-corrected chi connectivity index (χ3v) is 3.96. The molecule has 0 spiro atoms. The topological polar surface area (TPSA) is 78.4 Å².